The van der Waals surface area contributed by atoms with Crippen molar-refractivity contribution in [2.45, 2.75) is 27.2 Å². The molecule has 0 bridgehead atoms. The largest absolute Gasteiger partial charge is 0.456 e. The first-order valence-electron chi connectivity index (χ1n) is 21.9. The molecule has 12 aromatic rings. The molecule has 0 amide bonds. The smallest absolute Gasteiger partial charge is 0.154 e. The van der Waals surface area contributed by atoms with Gasteiger partial charge < -0.3 is 23.6 Å². The highest BCUT2D eigenvalue weighted by Gasteiger charge is 2.19. The van der Waals surface area contributed by atoms with Crippen LogP contribution in [0.5, 0.6) is 0 Å². The molecule has 12 rings (SSSR count). The minimum absolute atomic E-state index is 0.126. The number of rotatable bonds is 6. The zero-order valence-corrected chi connectivity index (χ0v) is 36.2. The van der Waals surface area contributed by atoms with E-state index in [1.54, 1.807) is 0 Å². The van der Waals surface area contributed by atoms with E-state index in [-0.39, 0.29) is 11.7 Å². The zero-order chi connectivity index (χ0) is 44.2. The molecule has 8 aromatic carbocycles. The summed E-state index contributed by atoms with van der Waals surface area (Å²) in [4.78, 5) is 4.26. The maximum atomic E-state index is 8.13. The van der Waals surface area contributed by atoms with E-state index < -0.39 is 0 Å². The van der Waals surface area contributed by atoms with Crippen LogP contribution in [0.15, 0.2) is 194 Å². The molecule has 0 saturated heterocycles. The third-order valence-electron chi connectivity index (χ3n) is 12.4. The standard InChI is InChI=1S/C38H29NO2.C20H15N3O/c1-4-10-31-26(5-2)28-12-6-7-14-32(28)39(31)25-18-20-34-30(22-25)38-27(13-9-16-36(38)41-34)24-17-19-33-29(21-24)37-23(3)11-8-15-35(37)40-33;21-19(13-7-2-1-3-8-13)23-20(22)16-11-6-10-15-14-9-4-5-12-17(14)24-18(15)16/h4,6-22H,5H2,1-3H3;1-12H,(H3,21,22,23)/b10-4-;. The Labute approximate surface area is 374 Å². The van der Waals surface area contributed by atoms with Crippen molar-refractivity contribution < 1.29 is 13.3 Å². The molecular weight excluding hydrogens is 801 g/mol. The second-order valence-electron chi connectivity index (χ2n) is 16.3. The molecule has 0 saturated carbocycles. The van der Waals surface area contributed by atoms with Crippen LogP contribution in [-0.4, -0.2) is 16.2 Å². The highest BCUT2D eigenvalue weighted by atomic mass is 16.3. The molecule has 0 atom stereocenters. The van der Waals surface area contributed by atoms with Gasteiger partial charge >= 0.3 is 0 Å². The van der Waals surface area contributed by atoms with Gasteiger partial charge in [0.2, 0.25) is 0 Å². The summed E-state index contributed by atoms with van der Waals surface area (Å²) in [5.41, 5.74) is 21.2. The molecule has 0 fully saturated rings. The van der Waals surface area contributed by atoms with Gasteiger partial charge in [0.25, 0.3) is 0 Å². The molecule has 3 N–H and O–H groups in total. The molecule has 65 heavy (non-hydrogen) atoms. The van der Waals surface area contributed by atoms with Gasteiger partial charge in [-0.05, 0) is 109 Å². The Balaban J connectivity index is 0.000000166. The van der Waals surface area contributed by atoms with Gasteiger partial charge in [0.15, 0.2) is 5.84 Å². The number of nitrogens with two attached hydrogens (primary N) is 1. The number of amidine groups is 2. The van der Waals surface area contributed by atoms with E-state index in [0.29, 0.717) is 11.1 Å². The molecule has 4 heterocycles. The zero-order valence-electron chi connectivity index (χ0n) is 36.2. The summed E-state index contributed by atoms with van der Waals surface area (Å²) >= 11 is 0. The van der Waals surface area contributed by atoms with Gasteiger partial charge in [-0.1, -0.05) is 122 Å². The van der Waals surface area contributed by atoms with Crippen molar-refractivity contribution in [2.75, 3.05) is 0 Å². The van der Waals surface area contributed by atoms with Crippen molar-refractivity contribution in [1.82, 2.24) is 4.57 Å². The minimum Gasteiger partial charge on any atom is -0.456 e. The normalized spacial score (nSPS) is 12.1. The van der Waals surface area contributed by atoms with Crippen LogP contribution in [0, 0.1) is 12.3 Å². The summed E-state index contributed by atoms with van der Waals surface area (Å²) in [6.07, 6.45) is 5.33. The van der Waals surface area contributed by atoms with Crippen LogP contribution in [-0.2, 0) is 6.42 Å². The maximum absolute atomic E-state index is 8.13. The quantitative estimate of drug-likeness (QED) is 0.128. The van der Waals surface area contributed by atoms with E-state index >= 15 is 0 Å². The number of nitrogens with one attached hydrogen (secondary N) is 1. The Bertz CT molecular complexity index is 3880. The Morgan fingerprint density at radius 3 is 2.06 bits per heavy atom. The molecule has 0 unspecified atom stereocenters. The molecule has 7 nitrogen and oxygen atoms in total. The minimum atomic E-state index is 0.126. The number of fused-ring (bicyclic) bond motifs is 10. The van der Waals surface area contributed by atoms with Crippen LogP contribution in [0.25, 0.3) is 99.6 Å². The van der Waals surface area contributed by atoms with Crippen LogP contribution in [0.4, 0.5) is 0 Å². The number of benzene rings is 8. The average Bonchev–Trinajstić information content (AvgIpc) is 4.10. The van der Waals surface area contributed by atoms with Crippen LogP contribution in [0.1, 0.15) is 41.8 Å². The lowest BCUT2D eigenvalue weighted by atomic mass is 9.97. The Kier molecular flexibility index (Phi) is 9.73. The summed E-state index contributed by atoms with van der Waals surface area (Å²) in [5.74, 6) is 0.398. The molecule has 4 aromatic heterocycles. The number of furan rings is 3. The summed E-state index contributed by atoms with van der Waals surface area (Å²) in [5, 5.41) is 16.0. The number of nitrogens with zero attached hydrogens (tertiary/aromatic N) is 2. The van der Waals surface area contributed by atoms with Crippen LogP contribution >= 0.6 is 0 Å². The first-order chi connectivity index (χ1) is 31.9. The van der Waals surface area contributed by atoms with E-state index in [4.69, 9.17) is 24.4 Å². The highest BCUT2D eigenvalue weighted by molar-refractivity contribution is 6.18. The average molecular weight is 845 g/mol. The summed E-state index contributed by atoms with van der Waals surface area (Å²) < 4.78 is 21.0. The lowest BCUT2D eigenvalue weighted by molar-refractivity contribution is 0.668. The fraction of sp³-hybridized carbons (Fsp3) is 0.0690. The van der Waals surface area contributed by atoms with Crippen LogP contribution in [0.3, 0.4) is 0 Å². The van der Waals surface area contributed by atoms with Gasteiger partial charge in [0, 0.05) is 54.6 Å². The van der Waals surface area contributed by atoms with Crippen molar-refractivity contribution in [2.24, 2.45) is 10.7 Å². The maximum Gasteiger partial charge on any atom is 0.154 e. The first kappa shape index (κ1) is 39.4. The second kappa shape index (κ2) is 16.0. The number of aromatic nitrogens is 1. The first-order valence-corrected chi connectivity index (χ1v) is 21.9. The highest BCUT2D eigenvalue weighted by Crippen LogP contribution is 2.41. The molecule has 0 radical (unpaired) electrons. The Hall–Kier alpha value is -8.42. The van der Waals surface area contributed by atoms with E-state index in [9.17, 15) is 0 Å². The molecule has 314 valence electrons. The molecule has 0 spiro atoms. The number of aryl methyl sites for hydroxylation is 2. The van der Waals surface area contributed by atoms with E-state index in [1.165, 1.54) is 33.1 Å². The lowest BCUT2D eigenvalue weighted by Gasteiger charge is -2.10. The fourth-order valence-corrected chi connectivity index (χ4v) is 9.47. The van der Waals surface area contributed by atoms with Gasteiger partial charge in [-0.3, -0.25) is 5.41 Å². The van der Waals surface area contributed by atoms with Crippen LogP contribution < -0.4 is 5.73 Å². The van der Waals surface area contributed by atoms with E-state index in [0.717, 1.165) is 83.6 Å². The molecule has 0 aliphatic rings. The van der Waals surface area contributed by atoms with Gasteiger partial charge in [-0.2, -0.15) is 0 Å². The predicted molar refractivity (Wildman–Crippen MR) is 270 cm³/mol. The third-order valence-corrected chi connectivity index (χ3v) is 12.4. The topological polar surface area (TPSA) is 107 Å². The van der Waals surface area contributed by atoms with Crippen molar-refractivity contribution in [3.05, 3.63) is 204 Å². The van der Waals surface area contributed by atoms with Crippen molar-refractivity contribution in [3.8, 4) is 16.8 Å². The predicted octanol–water partition coefficient (Wildman–Crippen LogP) is 15.3. The number of hydrogen-bond acceptors (Lipinski definition) is 4. The van der Waals surface area contributed by atoms with Crippen molar-refractivity contribution in [1.29, 1.82) is 5.41 Å². The molecule has 0 aliphatic carbocycles. The number of allylic oxidation sites excluding steroid dienone is 1. The fourth-order valence-electron chi connectivity index (χ4n) is 9.47. The van der Waals surface area contributed by atoms with Gasteiger partial charge in [0.1, 0.15) is 39.3 Å². The summed E-state index contributed by atoms with van der Waals surface area (Å²) in [6.45, 7) is 6.47. The number of hydrogen-bond donors (Lipinski definition) is 2. The van der Waals surface area contributed by atoms with E-state index in [2.05, 4.69) is 133 Å². The van der Waals surface area contributed by atoms with Gasteiger partial charge in [0.05, 0.1) is 11.1 Å². The molecular formula is C58H44N4O3. The second-order valence-corrected chi connectivity index (χ2v) is 16.3. The monoisotopic (exact) mass is 844 g/mol. The number of para-hydroxylation sites is 3. The Morgan fingerprint density at radius 2 is 1.26 bits per heavy atom. The summed E-state index contributed by atoms with van der Waals surface area (Å²) in [7, 11) is 0. The SMILES string of the molecule is C/C=C\c1c(CC)c2ccccc2n1-c1ccc2oc3cccc(-c4ccc5oc6cccc(C)c6c5c4)c3c2c1.N=C(N=C(N)c1cccc2c1oc1ccccc12)c1ccccc1. The Morgan fingerprint density at radius 1 is 0.615 bits per heavy atom. The third kappa shape index (κ3) is 6.68. The van der Waals surface area contributed by atoms with Gasteiger partial charge in [-0.15, -0.1) is 0 Å². The molecule has 0 aliphatic heterocycles. The number of aliphatic imine (C=N–C) groups is 1. The van der Waals surface area contributed by atoms with Crippen LogP contribution in [0.2, 0.25) is 0 Å². The van der Waals surface area contributed by atoms with Crippen molar-refractivity contribution >= 4 is 94.5 Å². The molecule has 7 heteroatoms. The van der Waals surface area contributed by atoms with Crippen molar-refractivity contribution in [3.63, 3.8) is 0 Å². The van der Waals surface area contributed by atoms with Gasteiger partial charge in [-0.25, -0.2) is 4.99 Å². The van der Waals surface area contributed by atoms with E-state index in [1.807, 2.05) is 78.9 Å². The summed E-state index contributed by atoms with van der Waals surface area (Å²) in [6, 6.07) is 57.4. The lowest BCUT2D eigenvalue weighted by Crippen LogP contribution is -2.16.